The molecule has 0 aliphatic carbocycles. The number of nitrogens with one attached hydrogen (secondary N) is 1. The Kier molecular flexibility index (Phi) is 5.76. The van der Waals surface area contributed by atoms with Crippen LogP contribution in [0.25, 0.3) is 5.69 Å². The number of rotatable bonds is 4. The maximum atomic E-state index is 12.7. The molecular weight excluding hydrogens is 394 g/mol. The van der Waals surface area contributed by atoms with Gasteiger partial charge in [-0.05, 0) is 37.1 Å². The first kappa shape index (κ1) is 20.0. The van der Waals surface area contributed by atoms with Crippen LogP contribution in [0, 0.1) is 6.92 Å². The van der Waals surface area contributed by atoms with Crippen molar-refractivity contribution >= 4 is 23.5 Å². The van der Waals surface area contributed by atoms with E-state index in [2.05, 4.69) is 69.2 Å². The van der Waals surface area contributed by atoms with Crippen molar-refractivity contribution < 1.29 is 4.79 Å². The van der Waals surface area contributed by atoms with Crippen LogP contribution in [0.3, 0.4) is 0 Å². The van der Waals surface area contributed by atoms with Gasteiger partial charge in [-0.1, -0.05) is 18.2 Å². The molecule has 0 unspecified atom stereocenters. The van der Waals surface area contributed by atoms with Crippen molar-refractivity contribution in [2.24, 2.45) is 0 Å². The standard InChI is InChI=1S/C23H31N5OS/c1-18-13-22(28(16-18)19-5-3-2-4-6-19)26-9-7-25(8-10-26)20-14-21(24-15-20)23(29)27-11-12-30-17-27/h2-6,13,16,20-21,24H,7-12,14-15,17H2,1H3/t20-,21-/m0/s1. The minimum atomic E-state index is 0.00434. The molecule has 30 heavy (non-hydrogen) atoms. The van der Waals surface area contributed by atoms with Crippen molar-refractivity contribution in [3.63, 3.8) is 0 Å². The Hall–Kier alpha value is -1.96. The summed E-state index contributed by atoms with van der Waals surface area (Å²) in [5.74, 6) is 3.52. The molecule has 0 bridgehead atoms. The van der Waals surface area contributed by atoms with Gasteiger partial charge in [0.15, 0.2) is 0 Å². The second-order valence-corrected chi connectivity index (χ2v) is 9.67. The number of amides is 1. The zero-order chi connectivity index (χ0) is 20.5. The van der Waals surface area contributed by atoms with Gasteiger partial charge in [0, 0.05) is 62.9 Å². The van der Waals surface area contributed by atoms with E-state index in [-0.39, 0.29) is 6.04 Å². The summed E-state index contributed by atoms with van der Waals surface area (Å²) in [6.07, 6.45) is 3.17. The lowest BCUT2D eigenvalue weighted by Gasteiger charge is -2.39. The molecule has 7 heteroatoms. The van der Waals surface area contributed by atoms with Crippen molar-refractivity contribution in [1.82, 2.24) is 19.7 Å². The van der Waals surface area contributed by atoms with E-state index in [1.54, 1.807) is 0 Å². The number of aromatic nitrogens is 1. The minimum Gasteiger partial charge on any atom is -0.355 e. The summed E-state index contributed by atoms with van der Waals surface area (Å²) in [5, 5.41) is 3.50. The third-order valence-electron chi connectivity index (χ3n) is 6.60. The molecule has 5 rings (SSSR count). The molecule has 3 saturated heterocycles. The van der Waals surface area contributed by atoms with Crippen molar-refractivity contribution in [3.8, 4) is 5.69 Å². The quantitative estimate of drug-likeness (QED) is 0.813. The van der Waals surface area contributed by atoms with Gasteiger partial charge < -0.3 is 19.7 Å². The SMILES string of the molecule is Cc1cc(N2CCN([C@@H]3CN[C@H](C(=O)N4CCSC4)C3)CC2)n(-c2ccccc2)c1. The predicted molar refractivity (Wildman–Crippen MR) is 124 cm³/mol. The fourth-order valence-electron chi connectivity index (χ4n) is 4.93. The lowest BCUT2D eigenvalue weighted by molar-refractivity contribution is -0.131. The lowest BCUT2D eigenvalue weighted by atomic mass is 10.1. The molecule has 2 aromatic rings. The van der Waals surface area contributed by atoms with E-state index in [4.69, 9.17) is 0 Å². The number of anilines is 1. The molecular formula is C23H31N5OS. The second-order valence-electron chi connectivity index (χ2n) is 8.59. The first-order chi connectivity index (χ1) is 14.7. The highest BCUT2D eigenvalue weighted by atomic mass is 32.2. The van der Waals surface area contributed by atoms with Gasteiger partial charge in [-0.15, -0.1) is 11.8 Å². The number of carbonyl (C=O) groups excluding carboxylic acids is 1. The summed E-state index contributed by atoms with van der Waals surface area (Å²) in [7, 11) is 0. The number of aryl methyl sites for hydroxylation is 1. The number of thioether (sulfide) groups is 1. The average molecular weight is 426 g/mol. The first-order valence-corrected chi connectivity index (χ1v) is 12.2. The number of hydrogen-bond acceptors (Lipinski definition) is 5. The summed E-state index contributed by atoms with van der Waals surface area (Å²) >= 11 is 1.86. The van der Waals surface area contributed by atoms with Gasteiger partial charge in [-0.2, -0.15) is 0 Å². The Bertz CT molecular complexity index is 871. The van der Waals surface area contributed by atoms with Crippen LogP contribution in [0.1, 0.15) is 12.0 Å². The molecule has 1 amide bonds. The Morgan fingerprint density at radius 2 is 1.90 bits per heavy atom. The topological polar surface area (TPSA) is 43.8 Å². The number of benzene rings is 1. The Morgan fingerprint density at radius 1 is 1.10 bits per heavy atom. The Labute approximate surface area is 183 Å². The lowest BCUT2D eigenvalue weighted by Crippen LogP contribution is -2.51. The van der Waals surface area contributed by atoms with Gasteiger partial charge in [0.1, 0.15) is 5.82 Å². The van der Waals surface area contributed by atoms with Crippen molar-refractivity contribution in [2.75, 3.05) is 55.8 Å². The zero-order valence-corrected chi connectivity index (χ0v) is 18.5. The molecule has 6 nitrogen and oxygen atoms in total. The summed E-state index contributed by atoms with van der Waals surface area (Å²) in [4.78, 5) is 19.8. The van der Waals surface area contributed by atoms with E-state index in [0.29, 0.717) is 11.9 Å². The van der Waals surface area contributed by atoms with Gasteiger partial charge in [0.05, 0.1) is 11.9 Å². The highest BCUT2D eigenvalue weighted by Gasteiger charge is 2.36. The third kappa shape index (κ3) is 3.98. The van der Waals surface area contributed by atoms with Crippen LogP contribution in [0.5, 0.6) is 0 Å². The smallest absolute Gasteiger partial charge is 0.240 e. The van der Waals surface area contributed by atoms with E-state index in [9.17, 15) is 4.79 Å². The van der Waals surface area contributed by atoms with E-state index in [1.165, 1.54) is 17.1 Å². The van der Waals surface area contributed by atoms with Crippen LogP contribution in [0.2, 0.25) is 0 Å². The molecule has 0 spiro atoms. The predicted octanol–water partition coefficient (Wildman–Crippen LogP) is 2.17. The molecule has 2 atom stereocenters. The average Bonchev–Trinajstić information content (AvgIpc) is 3.55. The monoisotopic (exact) mass is 425 g/mol. The van der Waals surface area contributed by atoms with Gasteiger partial charge in [0.2, 0.25) is 5.91 Å². The third-order valence-corrected chi connectivity index (χ3v) is 7.56. The van der Waals surface area contributed by atoms with Crippen LogP contribution in [-0.4, -0.2) is 83.3 Å². The molecule has 3 fully saturated rings. The van der Waals surface area contributed by atoms with E-state index in [1.807, 2.05) is 16.7 Å². The van der Waals surface area contributed by atoms with Gasteiger partial charge in [-0.25, -0.2) is 0 Å². The molecule has 0 radical (unpaired) electrons. The maximum Gasteiger partial charge on any atom is 0.240 e. The number of piperazine rings is 1. The molecule has 1 N–H and O–H groups in total. The Balaban J connectivity index is 1.20. The fourth-order valence-corrected chi connectivity index (χ4v) is 5.88. The number of para-hydroxylation sites is 1. The molecule has 3 aliphatic heterocycles. The summed E-state index contributed by atoms with van der Waals surface area (Å²) in [6, 6.07) is 13.4. The molecule has 160 valence electrons. The van der Waals surface area contributed by atoms with Crippen LogP contribution >= 0.6 is 11.8 Å². The van der Waals surface area contributed by atoms with Gasteiger partial charge >= 0.3 is 0 Å². The first-order valence-electron chi connectivity index (χ1n) is 11.0. The largest absolute Gasteiger partial charge is 0.355 e. The van der Waals surface area contributed by atoms with Crippen LogP contribution < -0.4 is 10.2 Å². The highest BCUT2D eigenvalue weighted by molar-refractivity contribution is 7.99. The molecule has 3 aliphatic rings. The summed E-state index contributed by atoms with van der Waals surface area (Å²) in [6.45, 7) is 8.14. The zero-order valence-electron chi connectivity index (χ0n) is 17.7. The van der Waals surface area contributed by atoms with Gasteiger partial charge in [0.25, 0.3) is 0 Å². The molecule has 1 aromatic carbocycles. The maximum absolute atomic E-state index is 12.7. The van der Waals surface area contributed by atoms with Crippen molar-refractivity contribution in [3.05, 3.63) is 48.2 Å². The van der Waals surface area contributed by atoms with Gasteiger partial charge in [-0.3, -0.25) is 9.69 Å². The van der Waals surface area contributed by atoms with Crippen molar-refractivity contribution in [1.29, 1.82) is 0 Å². The Morgan fingerprint density at radius 3 is 2.63 bits per heavy atom. The number of carbonyl (C=O) groups is 1. The van der Waals surface area contributed by atoms with E-state index in [0.717, 1.165) is 57.3 Å². The molecule has 0 saturated carbocycles. The molecule has 1 aromatic heterocycles. The van der Waals surface area contributed by atoms with Crippen LogP contribution in [-0.2, 0) is 4.79 Å². The number of hydrogen-bond donors (Lipinski definition) is 1. The minimum absolute atomic E-state index is 0.00434. The fraction of sp³-hybridized carbons (Fsp3) is 0.522. The highest BCUT2D eigenvalue weighted by Crippen LogP contribution is 2.26. The van der Waals surface area contributed by atoms with E-state index < -0.39 is 0 Å². The normalized spacial score (nSPS) is 25.2. The van der Waals surface area contributed by atoms with Crippen LogP contribution in [0.4, 0.5) is 5.82 Å². The van der Waals surface area contributed by atoms with Crippen molar-refractivity contribution in [2.45, 2.75) is 25.4 Å². The number of nitrogens with zero attached hydrogens (tertiary/aromatic N) is 4. The van der Waals surface area contributed by atoms with E-state index >= 15 is 0 Å². The van der Waals surface area contributed by atoms with Crippen LogP contribution in [0.15, 0.2) is 42.6 Å². The molecule has 4 heterocycles. The summed E-state index contributed by atoms with van der Waals surface area (Å²) in [5.41, 5.74) is 2.50. The summed E-state index contributed by atoms with van der Waals surface area (Å²) < 4.78 is 2.31. The second kappa shape index (κ2) is 8.65.